The van der Waals surface area contributed by atoms with Crippen molar-refractivity contribution in [3.63, 3.8) is 0 Å². The standard InChI is InChI=1S/C13H19N3O3/c1-3-19-13-8-11(4-5-12(13)16(17)18)15-7-6-14-9-10(15)2/h4-5,8,10,14H,3,6-7,9H2,1-2H3. The quantitative estimate of drug-likeness (QED) is 0.664. The van der Waals surface area contributed by atoms with E-state index < -0.39 is 4.92 Å². The van der Waals surface area contributed by atoms with Gasteiger partial charge < -0.3 is 15.0 Å². The first-order valence-electron chi connectivity index (χ1n) is 6.52. The Labute approximate surface area is 112 Å². The van der Waals surface area contributed by atoms with Gasteiger partial charge in [-0.05, 0) is 19.9 Å². The molecule has 1 aromatic carbocycles. The zero-order chi connectivity index (χ0) is 13.8. The van der Waals surface area contributed by atoms with E-state index in [0.29, 0.717) is 18.4 Å². The number of hydrogen-bond donors (Lipinski definition) is 1. The van der Waals surface area contributed by atoms with Crippen molar-refractivity contribution < 1.29 is 9.66 Å². The number of nitro groups is 1. The van der Waals surface area contributed by atoms with Crippen molar-refractivity contribution in [2.45, 2.75) is 19.9 Å². The molecule has 1 saturated heterocycles. The Morgan fingerprint density at radius 1 is 1.58 bits per heavy atom. The Kier molecular flexibility index (Phi) is 4.21. The van der Waals surface area contributed by atoms with Crippen LogP contribution < -0.4 is 15.0 Å². The van der Waals surface area contributed by atoms with E-state index in [1.165, 1.54) is 6.07 Å². The molecule has 1 N–H and O–H groups in total. The second-order valence-corrected chi connectivity index (χ2v) is 4.59. The van der Waals surface area contributed by atoms with Gasteiger partial charge in [0, 0.05) is 43.5 Å². The summed E-state index contributed by atoms with van der Waals surface area (Å²) in [6, 6.07) is 5.45. The van der Waals surface area contributed by atoms with Gasteiger partial charge in [-0.2, -0.15) is 0 Å². The van der Waals surface area contributed by atoms with Crippen molar-refractivity contribution >= 4 is 11.4 Å². The van der Waals surface area contributed by atoms with Crippen LogP contribution in [-0.4, -0.2) is 37.2 Å². The Bertz CT molecular complexity index is 464. The smallest absolute Gasteiger partial charge is 0.311 e. The molecule has 0 radical (unpaired) electrons. The van der Waals surface area contributed by atoms with Crippen LogP contribution in [0.2, 0.25) is 0 Å². The summed E-state index contributed by atoms with van der Waals surface area (Å²) in [5.41, 5.74) is 0.997. The SMILES string of the molecule is CCOc1cc(N2CCNCC2C)ccc1[N+](=O)[O-]. The van der Waals surface area contributed by atoms with Crippen LogP contribution in [0.3, 0.4) is 0 Å². The summed E-state index contributed by atoms with van der Waals surface area (Å²) < 4.78 is 5.38. The highest BCUT2D eigenvalue weighted by Gasteiger charge is 2.22. The molecule has 104 valence electrons. The van der Waals surface area contributed by atoms with Crippen molar-refractivity contribution in [2.75, 3.05) is 31.1 Å². The molecule has 1 unspecified atom stereocenters. The fourth-order valence-corrected chi connectivity index (χ4v) is 2.33. The van der Waals surface area contributed by atoms with Crippen molar-refractivity contribution in [3.05, 3.63) is 28.3 Å². The molecule has 0 bridgehead atoms. The molecule has 1 aliphatic rings. The Balaban J connectivity index is 2.31. The van der Waals surface area contributed by atoms with Crippen LogP contribution in [0.15, 0.2) is 18.2 Å². The lowest BCUT2D eigenvalue weighted by Crippen LogP contribution is -2.49. The molecule has 0 spiro atoms. The molecule has 1 aromatic rings. The van der Waals surface area contributed by atoms with Gasteiger partial charge in [-0.15, -0.1) is 0 Å². The van der Waals surface area contributed by atoms with Gasteiger partial charge in [-0.1, -0.05) is 0 Å². The van der Waals surface area contributed by atoms with E-state index in [9.17, 15) is 10.1 Å². The van der Waals surface area contributed by atoms with E-state index in [2.05, 4.69) is 17.1 Å². The number of rotatable bonds is 4. The average Bonchev–Trinajstić information content (AvgIpc) is 2.39. The third-order valence-corrected chi connectivity index (χ3v) is 3.27. The predicted molar refractivity (Wildman–Crippen MR) is 73.9 cm³/mol. The summed E-state index contributed by atoms with van der Waals surface area (Å²) in [4.78, 5) is 12.8. The molecule has 1 fully saturated rings. The number of nitrogens with one attached hydrogen (secondary N) is 1. The second-order valence-electron chi connectivity index (χ2n) is 4.59. The minimum atomic E-state index is -0.407. The molecule has 0 aromatic heterocycles. The van der Waals surface area contributed by atoms with Crippen molar-refractivity contribution in [3.8, 4) is 5.75 Å². The molecule has 6 heteroatoms. The first-order chi connectivity index (χ1) is 9.13. The van der Waals surface area contributed by atoms with Crippen LogP contribution in [0.4, 0.5) is 11.4 Å². The normalized spacial score (nSPS) is 19.3. The van der Waals surface area contributed by atoms with Crippen LogP contribution in [0.25, 0.3) is 0 Å². The van der Waals surface area contributed by atoms with E-state index >= 15 is 0 Å². The van der Waals surface area contributed by atoms with Crippen molar-refractivity contribution in [1.29, 1.82) is 0 Å². The Morgan fingerprint density at radius 3 is 3.00 bits per heavy atom. The average molecular weight is 265 g/mol. The lowest BCUT2D eigenvalue weighted by atomic mass is 10.1. The molecular formula is C13H19N3O3. The predicted octanol–water partition coefficient (Wildman–Crippen LogP) is 1.79. The van der Waals surface area contributed by atoms with Gasteiger partial charge >= 0.3 is 5.69 Å². The second kappa shape index (κ2) is 5.88. The minimum Gasteiger partial charge on any atom is -0.487 e. The maximum atomic E-state index is 11.0. The third-order valence-electron chi connectivity index (χ3n) is 3.27. The first kappa shape index (κ1) is 13.6. The van der Waals surface area contributed by atoms with Gasteiger partial charge in [-0.25, -0.2) is 0 Å². The molecule has 0 amide bonds. The minimum absolute atomic E-state index is 0.0217. The molecule has 1 aliphatic heterocycles. The molecule has 2 rings (SSSR count). The number of anilines is 1. The fourth-order valence-electron chi connectivity index (χ4n) is 2.33. The molecule has 6 nitrogen and oxygen atoms in total. The van der Waals surface area contributed by atoms with Gasteiger partial charge in [0.25, 0.3) is 0 Å². The number of nitrogens with zero attached hydrogens (tertiary/aromatic N) is 2. The van der Waals surface area contributed by atoms with Crippen molar-refractivity contribution in [2.24, 2.45) is 0 Å². The molecule has 1 atom stereocenters. The van der Waals surface area contributed by atoms with Gasteiger partial charge in [0.2, 0.25) is 0 Å². The van der Waals surface area contributed by atoms with Crippen molar-refractivity contribution in [1.82, 2.24) is 5.32 Å². The monoisotopic (exact) mass is 265 g/mol. The topological polar surface area (TPSA) is 67.6 Å². The highest BCUT2D eigenvalue weighted by atomic mass is 16.6. The van der Waals surface area contributed by atoms with E-state index in [-0.39, 0.29) is 5.69 Å². The van der Waals surface area contributed by atoms with Crippen LogP contribution in [0.1, 0.15) is 13.8 Å². The van der Waals surface area contributed by atoms with Gasteiger partial charge in [0.1, 0.15) is 0 Å². The summed E-state index contributed by atoms with van der Waals surface area (Å²) in [6.07, 6.45) is 0. The largest absolute Gasteiger partial charge is 0.487 e. The highest BCUT2D eigenvalue weighted by Crippen LogP contribution is 2.32. The molecular weight excluding hydrogens is 246 g/mol. The van der Waals surface area contributed by atoms with E-state index in [1.54, 1.807) is 12.1 Å². The molecule has 19 heavy (non-hydrogen) atoms. The Hall–Kier alpha value is -1.82. The maximum Gasteiger partial charge on any atom is 0.311 e. The first-order valence-corrected chi connectivity index (χ1v) is 6.52. The number of piperazine rings is 1. The van der Waals surface area contributed by atoms with Gasteiger partial charge in [0.15, 0.2) is 5.75 Å². The fraction of sp³-hybridized carbons (Fsp3) is 0.538. The summed E-state index contributed by atoms with van der Waals surface area (Å²) >= 11 is 0. The zero-order valence-corrected chi connectivity index (χ0v) is 11.3. The van der Waals surface area contributed by atoms with Gasteiger partial charge in [-0.3, -0.25) is 10.1 Å². The van der Waals surface area contributed by atoms with E-state index in [0.717, 1.165) is 25.3 Å². The number of ether oxygens (including phenoxy) is 1. The van der Waals surface area contributed by atoms with Crippen LogP contribution in [0.5, 0.6) is 5.75 Å². The van der Waals surface area contributed by atoms with Crippen LogP contribution >= 0.6 is 0 Å². The lowest BCUT2D eigenvalue weighted by molar-refractivity contribution is -0.385. The number of hydrogen-bond acceptors (Lipinski definition) is 5. The number of benzene rings is 1. The zero-order valence-electron chi connectivity index (χ0n) is 11.3. The summed E-state index contributed by atoms with van der Waals surface area (Å²) in [7, 11) is 0. The summed E-state index contributed by atoms with van der Waals surface area (Å²) in [6.45, 7) is 7.11. The lowest BCUT2D eigenvalue weighted by Gasteiger charge is -2.36. The maximum absolute atomic E-state index is 11.0. The molecule has 0 saturated carbocycles. The van der Waals surface area contributed by atoms with E-state index in [1.807, 2.05) is 6.92 Å². The Morgan fingerprint density at radius 2 is 2.37 bits per heavy atom. The highest BCUT2D eigenvalue weighted by molar-refractivity contribution is 5.60. The van der Waals surface area contributed by atoms with Crippen LogP contribution in [0, 0.1) is 10.1 Å². The third kappa shape index (κ3) is 2.96. The summed E-state index contributed by atoms with van der Waals surface area (Å²) in [5.74, 6) is 0.343. The van der Waals surface area contributed by atoms with E-state index in [4.69, 9.17) is 4.74 Å². The molecule has 0 aliphatic carbocycles. The van der Waals surface area contributed by atoms with Crippen LogP contribution in [-0.2, 0) is 0 Å². The van der Waals surface area contributed by atoms with Gasteiger partial charge in [0.05, 0.1) is 11.5 Å². The molecule has 1 heterocycles. The number of nitro benzene ring substituents is 1. The summed E-state index contributed by atoms with van der Waals surface area (Å²) in [5, 5.41) is 14.3.